The van der Waals surface area contributed by atoms with Crippen LogP contribution in [0, 0.1) is 6.92 Å². The van der Waals surface area contributed by atoms with Crippen LogP contribution >= 0.6 is 0 Å². The predicted octanol–water partition coefficient (Wildman–Crippen LogP) is 2.61. The Balaban J connectivity index is 2.04. The zero-order valence-corrected chi connectivity index (χ0v) is 16.8. The molecule has 0 aliphatic rings. The van der Waals surface area contributed by atoms with E-state index in [1.165, 1.54) is 26.3 Å². The van der Waals surface area contributed by atoms with Crippen LogP contribution in [0.15, 0.2) is 30.5 Å². The minimum atomic E-state index is -1.14. The number of anilines is 2. The molecule has 10 nitrogen and oxygen atoms in total. The third-order valence-electron chi connectivity index (χ3n) is 3.83. The molecule has 0 aromatic carbocycles. The Hall–Kier alpha value is -3.53. The van der Waals surface area contributed by atoms with Crippen molar-refractivity contribution in [3.8, 4) is 11.5 Å². The van der Waals surface area contributed by atoms with Gasteiger partial charge in [0.2, 0.25) is 5.91 Å². The molecule has 2 heterocycles. The second-order valence-corrected chi connectivity index (χ2v) is 6.56. The zero-order chi connectivity index (χ0) is 21.6. The molecule has 4 amide bonds. The SMILES string of the molecule is COC(C)(C)C(=O)NC(=O)Nc1ccc(Oc2ccnc(NC(C)=O)c2)c(C)n1. The largest absolute Gasteiger partial charge is 0.455 e. The molecule has 0 bridgehead atoms. The summed E-state index contributed by atoms with van der Waals surface area (Å²) < 4.78 is 10.8. The summed E-state index contributed by atoms with van der Waals surface area (Å²) in [7, 11) is 1.38. The lowest BCUT2D eigenvalue weighted by Gasteiger charge is -2.21. The Bertz CT molecular complexity index is 929. The first-order valence-corrected chi connectivity index (χ1v) is 8.67. The van der Waals surface area contributed by atoms with Crippen molar-refractivity contribution in [3.63, 3.8) is 0 Å². The van der Waals surface area contributed by atoms with Gasteiger partial charge in [-0.25, -0.2) is 14.8 Å². The highest BCUT2D eigenvalue weighted by Crippen LogP contribution is 2.26. The lowest BCUT2D eigenvalue weighted by molar-refractivity contribution is -0.138. The summed E-state index contributed by atoms with van der Waals surface area (Å²) >= 11 is 0. The van der Waals surface area contributed by atoms with Crippen molar-refractivity contribution in [2.75, 3.05) is 17.7 Å². The van der Waals surface area contributed by atoms with E-state index in [9.17, 15) is 14.4 Å². The van der Waals surface area contributed by atoms with Crippen molar-refractivity contribution in [3.05, 3.63) is 36.2 Å². The summed E-state index contributed by atoms with van der Waals surface area (Å²) in [6.07, 6.45) is 1.50. The first-order valence-electron chi connectivity index (χ1n) is 8.67. The topological polar surface area (TPSA) is 132 Å². The molecule has 154 valence electrons. The Morgan fingerprint density at radius 3 is 2.41 bits per heavy atom. The molecule has 2 aromatic rings. The summed E-state index contributed by atoms with van der Waals surface area (Å²) in [5.41, 5.74) is -0.636. The number of aryl methyl sites for hydroxylation is 1. The van der Waals surface area contributed by atoms with Crippen LogP contribution in [0.1, 0.15) is 26.5 Å². The summed E-state index contributed by atoms with van der Waals surface area (Å²) in [6, 6.07) is 5.63. The molecule has 29 heavy (non-hydrogen) atoms. The number of carbonyl (C=O) groups is 3. The molecule has 0 fully saturated rings. The van der Waals surface area contributed by atoms with Crippen molar-refractivity contribution in [2.24, 2.45) is 0 Å². The quantitative estimate of drug-likeness (QED) is 0.678. The fraction of sp³-hybridized carbons (Fsp3) is 0.316. The van der Waals surface area contributed by atoms with E-state index >= 15 is 0 Å². The van der Waals surface area contributed by atoms with Gasteiger partial charge in [0.05, 0.1) is 5.69 Å². The van der Waals surface area contributed by atoms with Gasteiger partial charge >= 0.3 is 6.03 Å². The minimum Gasteiger partial charge on any atom is -0.455 e. The Labute approximate surface area is 168 Å². The third kappa shape index (κ3) is 6.25. The van der Waals surface area contributed by atoms with Gasteiger partial charge in [-0.2, -0.15) is 0 Å². The molecule has 3 N–H and O–H groups in total. The standard InChI is InChI=1S/C19H23N5O5/c1-11-14(29-13-8-9-20-16(10-13)22-12(2)25)6-7-15(21-11)23-18(27)24-17(26)19(3,4)28-5/h6-10H,1-5H3,(H,20,22,25)(H2,21,23,24,26,27). The number of hydrogen-bond donors (Lipinski definition) is 3. The van der Waals surface area contributed by atoms with E-state index in [2.05, 4.69) is 25.9 Å². The lowest BCUT2D eigenvalue weighted by Crippen LogP contribution is -2.47. The smallest absolute Gasteiger partial charge is 0.327 e. The number of urea groups is 1. The molecule has 2 aromatic heterocycles. The number of nitrogens with zero attached hydrogens (tertiary/aromatic N) is 2. The summed E-state index contributed by atoms with van der Waals surface area (Å²) in [4.78, 5) is 43.3. The van der Waals surface area contributed by atoms with E-state index in [-0.39, 0.29) is 11.7 Å². The molecule has 0 aliphatic carbocycles. The summed E-state index contributed by atoms with van der Waals surface area (Å²) in [6.45, 7) is 6.17. The maximum absolute atomic E-state index is 12.0. The molecule has 0 unspecified atom stereocenters. The highest BCUT2D eigenvalue weighted by molar-refractivity contribution is 6.03. The van der Waals surface area contributed by atoms with Gasteiger partial charge < -0.3 is 14.8 Å². The highest BCUT2D eigenvalue weighted by atomic mass is 16.5. The molecule has 10 heteroatoms. The van der Waals surface area contributed by atoms with Crippen molar-refractivity contribution < 1.29 is 23.9 Å². The van der Waals surface area contributed by atoms with Gasteiger partial charge in [0.25, 0.3) is 5.91 Å². The van der Waals surface area contributed by atoms with Gasteiger partial charge in [-0.3, -0.25) is 20.2 Å². The van der Waals surface area contributed by atoms with Gasteiger partial charge in [-0.05, 0) is 39.0 Å². The first kappa shape index (κ1) is 21.8. The van der Waals surface area contributed by atoms with Crippen LogP contribution in [0.5, 0.6) is 11.5 Å². The van der Waals surface area contributed by atoms with E-state index in [1.807, 2.05) is 0 Å². The lowest BCUT2D eigenvalue weighted by atomic mass is 10.1. The number of nitrogens with one attached hydrogen (secondary N) is 3. The second kappa shape index (κ2) is 9.11. The van der Waals surface area contributed by atoms with Crippen LogP contribution in [0.25, 0.3) is 0 Å². The summed E-state index contributed by atoms with van der Waals surface area (Å²) in [5, 5.41) is 7.24. The maximum atomic E-state index is 12.0. The fourth-order valence-electron chi connectivity index (χ4n) is 2.07. The van der Waals surface area contributed by atoms with Crippen LogP contribution in [-0.4, -0.2) is 40.5 Å². The molecule has 0 saturated heterocycles. The Kier molecular flexibility index (Phi) is 6.84. The van der Waals surface area contributed by atoms with Crippen LogP contribution in [0.2, 0.25) is 0 Å². The predicted molar refractivity (Wildman–Crippen MR) is 106 cm³/mol. The van der Waals surface area contributed by atoms with Gasteiger partial charge in [-0.1, -0.05) is 0 Å². The molecule has 0 saturated carbocycles. The van der Waals surface area contributed by atoms with Gasteiger partial charge in [-0.15, -0.1) is 0 Å². The maximum Gasteiger partial charge on any atom is 0.327 e. The van der Waals surface area contributed by atoms with Crippen molar-refractivity contribution >= 4 is 29.5 Å². The number of amides is 4. The number of imide groups is 1. The number of pyridine rings is 2. The average molecular weight is 401 g/mol. The first-order chi connectivity index (χ1) is 13.6. The van der Waals surface area contributed by atoms with Crippen LogP contribution in [-0.2, 0) is 14.3 Å². The molecule has 2 rings (SSSR count). The van der Waals surface area contributed by atoms with Gasteiger partial charge in [0.15, 0.2) is 0 Å². The number of aromatic nitrogens is 2. The number of ether oxygens (including phenoxy) is 2. The number of rotatable bonds is 6. The van der Waals surface area contributed by atoms with Crippen molar-refractivity contribution in [1.29, 1.82) is 0 Å². The van der Waals surface area contributed by atoms with Crippen LogP contribution in [0.4, 0.5) is 16.4 Å². The third-order valence-corrected chi connectivity index (χ3v) is 3.83. The van der Waals surface area contributed by atoms with Gasteiger partial charge in [0, 0.05) is 26.3 Å². The zero-order valence-electron chi connectivity index (χ0n) is 16.8. The second-order valence-electron chi connectivity index (χ2n) is 6.56. The van der Waals surface area contributed by atoms with Crippen molar-refractivity contribution in [1.82, 2.24) is 15.3 Å². The van der Waals surface area contributed by atoms with E-state index in [1.54, 1.807) is 39.0 Å². The molecule has 0 radical (unpaired) electrons. The molecule has 0 aliphatic heterocycles. The Morgan fingerprint density at radius 2 is 1.79 bits per heavy atom. The van der Waals surface area contributed by atoms with E-state index in [4.69, 9.17) is 9.47 Å². The van der Waals surface area contributed by atoms with Crippen molar-refractivity contribution in [2.45, 2.75) is 33.3 Å². The van der Waals surface area contributed by atoms with Crippen LogP contribution < -0.4 is 20.7 Å². The molecular weight excluding hydrogens is 378 g/mol. The number of carbonyl (C=O) groups excluding carboxylic acids is 3. The normalized spacial score (nSPS) is 10.8. The number of hydrogen-bond acceptors (Lipinski definition) is 7. The van der Waals surface area contributed by atoms with E-state index in [0.29, 0.717) is 23.0 Å². The summed E-state index contributed by atoms with van der Waals surface area (Å²) in [5.74, 6) is 0.686. The van der Waals surface area contributed by atoms with E-state index in [0.717, 1.165) is 0 Å². The minimum absolute atomic E-state index is 0.240. The number of methoxy groups -OCH3 is 1. The molecule has 0 spiro atoms. The highest BCUT2D eigenvalue weighted by Gasteiger charge is 2.28. The molecule has 0 atom stereocenters. The van der Waals surface area contributed by atoms with E-state index < -0.39 is 17.5 Å². The fourth-order valence-corrected chi connectivity index (χ4v) is 2.07. The monoisotopic (exact) mass is 401 g/mol. The Morgan fingerprint density at radius 1 is 1.07 bits per heavy atom. The molecular formula is C19H23N5O5. The average Bonchev–Trinajstić information content (AvgIpc) is 2.63. The van der Waals surface area contributed by atoms with Crippen LogP contribution in [0.3, 0.4) is 0 Å². The van der Waals surface area contributed by atoms with Gasteiger partial charge in [0.1, 0.15) is 28.7 Å².